The molecular formula is C33H44BrN3O7. The maximum Gasteiger partial charge on any atom is 0.306 e. The van der Waals surface area contributed by atoms with Crippen LogP contribution in [-0.2, 0) is 28.7 Å². The van der Waals surface area contributed by atoms with Gasteiger partial charge in [0.15, 0.2) is 0 Å². The maximum atomic E-state index is 14.4. The summed E-state index contributed by atoms with van der Waals surface area (Å²) in [6.07, 6.45) is 4.05. The molecule has 3 saturated heterocycles. The Morgan fingerprint density at radius 3 is 2.55 bits per heavy atom. The molecule has 1 aromatic rings. The van der Waals surface area contributed by atoms with Gasteiger partial charge in [-0.2, -0.15) is 0 Å². The maximum absolute atomic E-state index is 14.4. The first kappa shape index (κ1) is 33.9. The highest BCUT2D eigenvalue weighted by atomic mass is 79.9. The van der Waals surface area contributed by atoms with E-state index < -0.39 is 53.5 Å². The van der Waals surface area contributed by atoms with Gasteiger partial charge in [-0.3, -0.25) is 19.2 Å². The van der Waals surface area contributed by atoms with Gasteiger partial charge < -0.3 is 29.7 Å². The number of esters is 1. The van der Waals surface area contributed by atoms with E-state index >= 15 is 0 Å². The number of allylic oxidation sites excluding steroid dienone is 1. The fourth-order valence-corrected chi connectivity index (χ4v) is 7.89. The Hall–Kier alpha value is -3.02. The van der Waals surface area contributed by atoms with Crippen LogP contribution in [0.15, 0.2) is 55.6 Å². The molecule has 1 spiro atoms. The molecule has 2 N–H and O–H groups in total. The number of hydrogen-bond acceptors (Lipinski definition) is 7. The summed E-state index contributed by atoms with van der Waals surface area (Å²) in [6, 6.07) is 6.68. The standard InChI is InChI=1S/C33H44BrN3O7/c1-6-9-15-25(39)43-19-24(21-13-11-10-12-14-21)35-30(40)26-27-31(41)37(22(8-3)18-38)29(32(42)36(16-7-2)20(4)5)33(27)17-23(34)28(26)44-33/h6-7,10-14,20,22-24,26-29,38H,1-2,8-9,15-19H2,3-5H3,(H,35,40)/t22-,23?,24+,26+,27-,28+,29+,33-/m0/s1. The molecular weight excluding hydrogens is 630 g/mol. The number of ether oxygens (including phenoxy) is 2. The largest absolute Gasteiger partial charge is 0.463 e. The van der Waals surface area contributed by atoms with Crippen molar-refractivity contribution < 1.29 is 33.8 Å². The normalized spacial score (nSPS) is 28.4. The molecule has 11 heteroatoms. The molecule has 8 atom stereocenters. The van der Waals surface area contributed by atoms with Crippen LogP contribution in [0.5, 0.6) is 0 Å². The number of benzene rings is 1. The molecule has 44 heavy (non-hydrogen) atoms. The first-order valence-corrected chi connectivity index (χ1v) is 16.3. The molecule has 3 aliphatic rings. The summed E-state index contributed by atoms with van der Waals surface area (Å²) in [6.45, 7) is 12.9. The zero-order chi connectivity index (χ0) is 32.2. The smallest absolute Gasteiger partial charge is 0.306 e. The number of aliphatic hydroxyl groups is 1. The molecule has 0 aromatic heterocycles. The minimum absolute atomic E-state index is 0.0912. The van der Waals surface area contributed by atoms with Crippen LogP contribution in [-0.4, -0.2) is 93.0 Å². The van der Waals surface area contributed by atoms with Crippen LogP contribution in [0.3, 0.4) is 0 Å². The Bertz CT molecular complexity index is 1240. The highest BCUT2D eigenvalue weighted by molar-refractivity contribution is 9.09. The summed E-state index contributed by atoms with van der Waals surface area (Å²) >= 11 is 3.70. The predicted octanol–water partition coefficient (Wildman–Crippen LogP) is 3.30. The van der Waals surface area contributed by atoms with E-state index in [1.807, 2.05) is 51.1 Å². The number of hydrogen-bond donors (Lipinski definition) is 2. The number of amides is 3. The number of aliphatic hydroxyl groups excluding tert-OH is 1. The number of likely N-dealkylation sites (tertiary alicyclic amines) is 1. The molecule has 1 unspecified atom stereocenters. The fourth-order valence-electron chi connectivity index (χ4n) is 6.95. The van der Waals surface area contributed by atoms with Gasteiger partial charge in [-0.25, -0.2) is 0 Å². The van der Waals surface area contributed by atoms with Gasteiger partial charge in [0.2, 0.25) is 17.7 Å². The van der Waals surface area contributed by atoms with Crippen LogP contribution in [0.2, 0.25) is 0 Å². The van der Waals surface area contributed by atoms with Crippen molar-refractivity contribution >= 4 is 39.6 Å². The van der Waals surface area contributed by atoms with E-state index in [1.54, 1.807) is 17.1 Å². The van der Waals surface area contributed by atoms with Gasteiger partial charge in [0.1, 0.15) is 18.2 Å². The number of rotatable bonds is 15. The summed E-state index contributed by atoms with van der Waals surface area (Å²) in [5.74, 6) is -3.34. The average molecular weight is 675 g/mol. The summed E-state index contributed by atoms with van der Waals surface area (Å²) in [5.41, 5.74) is -0.520. The van der Waals surface area contributed by atoms with Crippen molar-refractivity contribution in [3.05, 3.63) is 61.2 Å². The van der Waals surface area contributed by atoms with Crippen LogP contribution in [0.1, 0.15) is 58.1 Å². The van der Waals surface area contributed by atoms with Crippen LogP contribution in [0.4, 0.5) is 0 Å². The molecule has 0 aliphatic carbocycles. The van der Waals surface area contributed by atoms with Crippen molar-refractivity contribution in [3.63, 3.8) is 0 Å². The number of carbonyl (C=O) groups excluding carboxylic acids is 4. The second kappa shape index (κ2) is 14.4. The summed E-state index contributed by atoms with van der Waals surface area (Å²) < 4.78 is 12.1. The van der Waals surface area contributed by atoms with Crippen LogP contribution in [0.25, 0.3) is 0 Å². The van der Waals surface area contributed by atoms with E-state index in [0.29, 0.717) is 19.3 Å². The second-order valence-electron chi connectivity index (χ2n) is 12.0. The number of carbonyl (C=O) groups is 4. The summed E-state index contributed by atoms with van der Waals surface area (Å²) in [4.78, 5) is 58.0. The molecule has 4 rings (SSSR count). The van der Waals surface area contributed by atoms with Crippen molar-refractivity contribution in [1.82, 2.24) is 15.1 Å². The minimum Gasteiger partial charge on any atom is -0.463 e. The molecule has 3 aliphatic heterocycles. The van der Waals surface area contributed by atoms with Crippen molar-refractivity contribution in [2.45, 2.75) is 87.2 Å². The third kappa shape index (κ3) is 6.23. The lowest BCUT2D eigenvalue weighted by Gasteiger charge is -2.40. The third-order valence-corrected chi connectivity index (χ3v) is 9.90. The Kier molecular flexibility index (Phi) is 11.1. The molecule has 3 fully saturated rings. The van der Waals surface area contributed by atoms with Crippen molar-refractivity contribution in [3.8, 4) is 0 Å². The third-order valence-electron chi connectivity index (χ3n) is 9.05. The second-order valence-corrected chi connectivity index (χ2v) is 13.2. The summed E-state index contributed by atoms with van der Waals surface area (Å²) in [5, 5.41) is 13.3. The van der Waals surface area contributed by atoms with E-state index in [9.17, 15) is 24.3 Å². The van der Waals surface area contributed by atoms with Gasteiger partial charge in [0, 0.05) is 23.8 Å². The van der Waals surface area contributed by atoms with Crippen LogP contribution >= 0.6 is 15.9 Å². The molecule has 0 radical (unpaired) electrons. The van der Waals surface area contributed by atoms with Crippen molar-refractivity contribution in [1.29, 1.82) is 0 Å². The van der Waals surface area contributed by atoms with E-state index in [0.717, 1.165) is 5.56 Å². The topological polar surface area (TPSA) is 125 Å². The highest BCUT2D eigenvalue weighted by Gasteiger charge is 2.77. The lowest BCUT2D eigenvalue weighted by atomic mass is 9.70. The Morgan fingerprint density at radius 1 is 1.25 bits per heavy atom. The van der Waals surface area contributed by atoms with Gasteiger partial charge >= 0.3 is 5.97 Å². The van der Waals surface area contributed by atoms with Crippen molar-refractivity contribution in [2.24, 2.45) is 11.8 Å². The van der Waals surface area contributed by atoms with Gasteiger partial charge in [0.25, 0.3) is 0 Å². The predicted molar refractivity (Wildman–Crippen MR) is 168 cm³/mol. The molecule has 3 heterocycles. The van der Waals surface area contributed by atoms with Gasteiger partial charge in [-0.15, -0.1) is 13.2 Å². The quantitative estimate of drug-likeness (QED) is 0.166. The van der Waals surface area contributed by atoms with E-state index in [-0.39, 0.29) is 48.9 Å². The number of fused-ring (bicyclic) bond motifs is 1. The molecule has 10 nitrogen and oxygen atoms in total. The van der Waals surface area contributed by atoms with Crippen LogP contribution in [0, 0.1) is 11.8 Å². The fraction of sp³-hybridized carbons (Fsp3) is 0.576. The number of alkyl halides is 1. The first-order chi connectivity index (χ1) is 21.1. The Morgan fingerprint density at radius 2 is 1.95 bits per heavy atom. The average Bonchev–Trinajstić information content (AvgIpc) is 3.61. The summed E-state index contributed by atoms with van der Waals surface area (Å²) in [7, 11) is 0. The van der Waals surface area contributed by atoms with Crippen LogP contribution < -0.4 is 5.32 Å². The SMILES string of the molecule is C=CCCC(=O)OC[C@@H](NC(=O)[C@H]1[C@@H]2O[C@@]3(CC2Br)[C@@H]1C(=O)N([C@@H](CC)CO)[C@@H]3C(=O)N(CC=C)C(C)C)c1ccccc1. The monoisotopic (exact) mass is 673 g/mol. The van der Waals surface area contributed by atoms with Gasteiger partial charge in [0.05, 0.1) is 36.6 Å². The van der Waals surface area contributed by atoms with Gasteiger partial charge in [-0.1, -0.05) is 65.3 Å². The molecule has 3 amide bonds. The van der Waals surface area contributed by atoms with E-state index in [1.165, 1.54) is 4.90 Å². The number of halogens is 1. The van der Waals surface area contributed by atoms with Gasteiger partial charge in [-0.05, 0) is 38.7 Å². The molecule has 1 aromatic carbocycles. The highest BCUT2D eigenvalue weighted by Crippen LogP contribution is 2.60. The Labute approximate surface area is 267 Å². The number of nitrogens with zero attached hydrogens (tertiary/aromatic N) is 2. The zero-order valence-electron chi connectivity index (χ0n) is 25.7. The first-order valence-electron chi connectivity index (χ1n) is 15.3. The Balaban J connectivity index is 1.69. The minimum atomic E-state index is -1.26. The van der Waals surface area contributed by atoms with Crippen molar-refractivity contribution in [2.75, 3.05) is 19.8 Å². The molecule has 0 saturated carbocycles. The lowest BCUT2D eigenvalue weighted by Crippen LogP contribution is -2.60. The molecule has 2 bridgehead atoms. The van der Waals surface area contributed by atoms with E-state index in [4.69, 9.17) is 9.47 Å². The number of nitrogens with one attached hydrogen (secondary N) is 1. The zero-order valence-corrected chi connectivity index (χ0v) is 27.3. The lowest BCUT2D eigenvalue weighted by molar-refractivity contribution is -0.152. The van der Waals surface area contributed by atoms with E-state index in [2.05, 4.69) is 34.4 Å². The molecule has 240 valence electrons.